The lowest BCUT2D eigenvalue weighted by atomic mass is 10.1. The van der Waals surface area contributed by atoms with E-state index in [1.165, 1.54) is 16.2 Å². The highest BCUT2D eigenvalue weighted by molar-refractivity contribution is 7.17. The Balaban J connectivity index is 1.65. The zero-order chi connectivity index (χ0) is 20.3. The molecule has 0 spiro atoms. The van der Waals surface area contributed by atoms with E-state index in [1.54, 1.807) is 0 Å². The predicted octanol–water partition coefficient (Wildman–Crippen LogP) is 1.78. The molecule has 2 aromatic rings. The largest absolute Gasteiger partial charge is 0.494 e. The van der Waals surface area contributed by atoms with Crippen LogP contribution in [-0.4, -0.2) is 31.5 Å². The van der Waals surface area contributed by atoms with Gasteiger partial charge in [0, 0.05) is 10.4 Å². The number of hydrogen-bond acceptors (Lipinski definition) is 4. The summed E-state index contributed by atoms with van der Waals surface area (Å²) in [6.07, 6.45) is 2.86. The van der Waals surface area contributed by atoms with Gasteiger partial charge in [0.1, 0.15) is 17.3 Å². The zero-order valence-electron chi connectivity index (χ0n) is 16.6. The van der Waals surface area contributed by atoms with Crippen LogP contribution >= 0.6 is 11.3 Å². The second-order valence-corrected chi connectivity index (χ2v) is 8.34. The van der Waals surface area contributed by atoms with Gasteiger partial charge in [-0.05, 0) is 62.9 Å². The number of quaternary nitrogens is 1. The van der Waals surface area contributed by atoms with Crippen molar-refractivity contribution < 1.29 is 19.2 Å². The first-order valence-electron chi connectivity index (χ1n) is 9.70. The molecule has 0 saturated heterocycles. The van der Waals surface area contributed by atoms with E-state index < -0.39 is 5.91 Å². The molecule has 0 aliphatic heterocycles. The Morgan fingerprint density at radius 3 is 2.64 bits per heavy atom. The number of primary amides is 1. The Labute approximate surface area is 169 Å². The lowest BCUT2D eigenvalue weighted by molar-refractivity contribution is -0.907. The van der Waals surface area contributed by atoms with E-state index in [2.05, 4.69) is 5.32 Å². The number of thiophene rings is 1. The average Bonchev–Trinajstić information content (AvgIpc) is 3.23. The lowest BCUT2D eigenvalue weighted by Crippen LogP contribution is -3.12. The van der Waals surface area contributed by atoms with Crippen LogP contribution in [-0.2, 0) is 24.2 Å². The SMILES string of the molecule is CCOc1ccc(C[NH+](C)[C@@H](C)C(=O)Nc2sc3c(c2C(N)=O)CCC3)cc1. The molecule has 1 aliphatic carbocycles. The molecule has 4 N–H and O–H groups in total. The van der Waals surface area contributed by atoms with Gasteiger partial charge in [-0.2, -0.15) is 0 Å². The molecule has 3 rings (SSSR count). The highest BCUT2D eigenvalue weighted by Gasteiger charge is 2.29. The molecule has 150 valence electrons. The highest BCUT2D eigenvalue weighted by atomic mass is 32.1. The van der Waals surface area contributed by atoms with Crippen LogP contribution in [0.2, 0.25) is 0 Å². The van der Waals surface area contributed by atoms with E-state index in [-0.39, 0.29) is 11.9 Å². The second-order valence-electron chi connectivity index (χ2n) is 7.24. The third-order valence-corrected chi connectivity index (χ3v) is 6.46. The van der Waals surface area contributed by atoms with Crippen LogP contribution in [0.3, 0.4) is 0 Å². The summed E-state index contributed by atoms with van der Waals surface area (Å²) < 4.78 is 5.47. The van der Waals surface area contributed by atoms with Crippen molar-refractivity contribution >= 4 is 28.2 Å². The summed E-state index contributed by atoms with van der Waals surface area (Å²) in [5.74, 6) is 0.280. The van der Waals surface area contributed by atoms with Gasteiger partial charge in [0.2, 0.25) is 0 Å². The van der Waals surface area contributed by atoms with Crippen molar-refractivity contribution in [1.82, 2.24) is 0 Å². The van der Waals surface area contributed by atoms with E-state index >= 15 is 0 Å². The Morgan fingerprint density at radius 1 is 1.29 bits per heavy atom. The summed E-state index contributed by atoms with van der Waals surface area (Å²) in [4.78, 5) is 26.9. The van der Waals surface area contributed by atoms with Gasteiger partial charge in [0.25, 0.3) is 11.8 Å². The first-order valence-corrected chi connectivity index (χ1v) is 10.5. The number of fused-ring (bicyclic) bond motifs is 1. The van der Waals surface area contributed by atoms with Gasteiger partial charge in [0.15, 0.2) is 6.04 Å². The Hall–Kier alpha value is -2.38. The van der Waals surface area contributed by atoms with Gasteiger partial charge < -0.3 is 20.7 Å². The minimum absolute atomic E-state index is 0.106. The van der Waals surface area contributed by atoms with Crippen LogP contribution in [0, 0.1) is 0 Å². The molecule has 1 heterocycles. The minimum Gasteiger partial charge on any atom is -0.494 e. The van der Waals surface area contributed by atoms with Crippen molar-refractivity contribution in [2.24, 2.45) is 5.73 Å². The Bertz CT molecular complexity index is 861. The van der Waals surface area contributed by atoms with E-state index in [0.29, 0.717) is 23.7 Å². The molecular formula is C21H28N3O3S+. The summed E-state index contributed by atoms with van der Waals surface area (Å²) >= 11 is 1.49. The first kappa shape index (κ1) is 20.4. The number of carbonyl (C=O) groups excluding carboxylic acids is 2. The number of nitrogens with one attached hydrogen (secondary N) is 2. The molecule has 28 heavy (non-hydrogen) atoms. The van der Waals surface area contributed by atoms with Gasteiger partial charge >= 0.3 is 0 Å². The lowest BCUT2D eigenvalue weighted by Gasteiger charge is -2.21. The van der Waals surface area contributed by atoms with Crippen LogP contribution in [0.5, 0.6) is 5.75 Å². The van der Waals surface area contributed by atoms with Crippen LogP contribution in [0.4, 0.5) is 5.00 Å². The first-order chi connectivity index (χ1) is 13.4. The molecular weight excluding hydrogens is 374 g/mol. The van der Waals surface area contributed by atoms with E-state index in [0.717, 1.165) is 41.0 Å². The minimum atomic E-state index is -0.461. The third-order valence-electron chi connectivity index (χ3n) is 5.25. The number of aryl methyl sites for hydroxylation is 1. The number of anilines is 1. The van der Waals surface area contributed by atoms with E-state index in [9.17, 15) is 9.59 Å². The number of carbonyl (C=O) groups is 2. The van der Waals surface area contributed by atoms with E-state index in [4.69, 9.17) is 10.5 Å². The molecule has 0 bridgehead atoms. The molecule has 7 heteroatoms. The predicted molar refractivity (Wildman–Crippen MR) is 111 cm³/mol. The molecule has 1 aliphatic rings. The summed E-state index contributed by atoms with van der Waals surface area (Å²) in [5, 5.41) is 3.55. The summed E-state index contributed by atoms with van der Waals surface area (Å²) in [6.45, 7) is 5.20. The standard InChI is InChI=1S/C21H27N3O3S/c1-4-27-15-10-8-14(9-11-15)12-24(3)13(2)20(26)23-21-18(19(22)25)16-6-5-7-17(16)28-21/h8-11,13H,4-7,12H2,1-3H3,(H2,22,25)(H,23,26)/p+1/t13-/m0/s1. The zero-order valence-corrected chi connectivity index (χ0v) is 17.4. The van der Waals surface area contributed by atoms with Crippen molar-refractivity contribution in [3.8, 4) is 5.75 Å². The summed E-state index contributed by atoms with van der Waals surface area (Å²) in [6, 6.07) is 7.67. The molecule has 6 nitrogen and oxygen atoms in total. The number of likely N-dealkylation sites (N-methyl/N-ethyl adjacent to an activating group) is 1. The number of benzene rings is 1. The van der Waals surface area contributed by atoms with Gasteiger partial charge in [-0.3, -0.25) is 9.59 Å². The maximum Gasteiger partial charge on any atom is 0.282 e. The fraction of sp³-hybridized carbons (Fsp3) is 0.429. The molecule has 1 aromatic carbocycles. The number of ether oxygens (including phenoxy) is 1. The molecule has 2 atom stereocenters. The normalized spacial score (nSPS) is 15.0. The molecule has 2 amide bonds. The van der Waals surface area contributed by atoms with Gasteiger partial charge in [-0.15, -0.1) is 11.3 Å². The maximum atomic E-state index is 12.8. The summed E-state index contributed by atoms with van der Waals surface area (Å²) in [5.41, 5.74) is 8.24. The van der Waals surface area contributed by atoms with E-state index in [1.807, 2.05) is 45.2 Å². The average molecular weight is 403 g/mol. The topological polar surface area (TPSA) is 85.9 Å². The molecule has 1 unspecified atom stereocenters. The van der Waals surface area contributed by atoms with Crippen molar-refractivity contribution in [3.05, 3.63) is 45.8 Å². The van der Waals surface area contributed by atoms with Crippen molar-refractivity contribution in [2.45, 2.75) is 45.7 Å². The van der Waals surface area contributed by atoms with Crippen molar-refractivity contribution in [1.29, 1.82) is 0 Å². The molecule has 0 radical (unpaired) electrons. The van der Waals surface area contributed by atoms with Crippen LogP contribution in [0.1, 0.15) is 46.6 Å². The Morgan fingerprint density at radius 2 is 2.00 bits per heavy atom. The smallest absolute Gasteiger partial charge is 0.282 e. The number of rotatable bonds is 8. The van der Waals surface area contributed by atoms with Gasteiger partial charge in [-0.25, -0.2) is 0 Å². The summed E-state index contributed by atoms with van der Waals surface area (Å²) in [7, 11) is 1.99. The number of hydrogen-bond donors (Lipinski definition) is 3. The third kappa shape index (κ3) is 4.36. The van der Waals surface area contributed by atoms with Gasteiger partial charge in [-0.1, -0.05) is 0 Å². The fourth-order valence-electron chi connectivity index (χ4n) is 3.54. The molecule has 0 saturated carbocycles. The van der Waals surface area contributed by atoms with Crippen LogP contribution < -0.4 is 20.7 Å². The van der Waals surface area contributed by atoms with Gasteiger partial charge in [0.05, 0.1) is 19.2 Å². The van der Waals surface area contributed by atoms with Crippen molar-refractivity contribution in [3.63, 3.8) is 0 Å². The number of nitrogens with two attached hydrogens (primary N) is 1. The highest BCUT2D eigenvalue weighted by Crippen LogP contribution is 2.38. The van der Waals surface area contributed by atoms with Crippen molar-refractivity contribution in [2.75, 3.05) is 19.0 Å². The quantitative estimate of drug-likeness (QED) is 0.629. The number of amides is 2. The van der Waals surface area contributed by atoms with Crippen LogP contribution in [0.15, 0.2) is 24.3 Å². The fourth-order valence-corrected chi connectivity index (χ4v) is 4.84. The Kier molecular flexibility index (Phi) is 6.36. The molecule has 0 fully saturated rings. The monoisotopic (exact) mass is 402 g/mol. The molecule has 1 aromatic heterocycles. The maximum absolute atomic E-state index is 12.8. The second kappa shape index (κ2) is 8.75. The van der Waals surface area contributed by atoms with Crippen LogP contribution in [0.25, 0.3) is 0 Å².